The molecule has 0 bridgehead atoms. The van der Waals surface area contributed by atoms with Crippen LogP contribution in [0.3, 0.4) is 0 Å². The van der Waals surface area contributed by atoms with Crippen LogP contribution in [-0.2, 0) is 11.3 Å². The van der Waals surface area contributed by atoms with Crippen molar-refractivity contribution < 1.29 is 14.3 Å². The van der Waals surface area contributed by atoms with Crippen molar-refractivity contribution in [3.63, 3.8) is 0 Å². The van der Waals surface area contributed by atoms with Gasteiger partial charge < -0.3 is 20.7 Å². The van der Waals surface area contributed by atoms with E-state index in [0.29, 0.717) is 23.5 Å². The highest BCUT2D eigenvalue weighted by Gasteiger charge is 2.08. The molecule has 3 N–H and O–H groups in total. The second-order valence-electron chi connectivity index (χ2n) is 5.92. The van der Waals surface area contributed by atoms with E-state index in [2.05, 4.69) is 16.0 Å². The molecule has 0 aliphatic rings. The van der Waals surface area contributed by atoms with Gasteiger partial charge >= 0.3 is 6.03 Å². The van der Waals surface area contributed by atoms with Crippen molar-refractivity contribution in [2.45, 2.75) is 26.5 Å². The predicted octanol–water partition coefficient (Wildman–Crippen LogP) is 3.62. The summed E-state index contributed by atoms with van der Waals surface area (Å²) in [5, 5.41) is 8.31. The second kappa shape index (κ2) is 8.84. The fourth-order valence-electron chi connectivity index (χ4n) is 2.24. The van der Waals surface area contributed by atoms with Crippen LogP contribution >= 0.6 is 0 Å². The minimum atomic E-state index is -0.262. The van der Waals surface area contributed by atoms with E-state index in [9.17, 15) is 9.59 Å². The van der Waals surface area contributed by atoms with Gasteiger partial charge in [0.2, 0.25) is 0 Å². The topological polar surface area (TPSA) is 79.5 Å². The van der Waals surface area contributed by atoms with Gasteiger partial charge in [0.05, 0.1) is 6.61 Å². The summed E-state index contributed by atoms with van der Waals surface area (Å²) in [6.07, 6.45) is 0. The maximum atomic E-state index is 12.3. The first-order chi connectivity index (χ1) is 12.0. The maximum absolute atomic E-state index is 12.3. The molecule has 0 unspecified atom stereocenters. The number of urea groups is 1. The van der Waals surface area contributed by atoms with Crippen molar-refractivity contribution in [3.05, 3.63) is 59.7 Å². The van der Waals surface area contributed by atoms with Crippen LogP contribution in [0.5, 0.6) is 0 Å². The van der Waals surface area contributed by atoms with Crippen molar-refractivity contribution >= 4 is 23.3 Å². The Bertz CT molecular complexity index is 727. The zero-order chi connectivity index (χ0) is 18.2. The van der Waals surface area contributed by atoms with E-state index in [4.69, 9.17) is 4.74 Å². The molecule has 0 saturated heterocycles. The summed E-state index contributed by atoms with van der Waals surface area (Å²) in [7, 11) is 1.61. The number of methoxy groups -OCH3 is 1. The zero-order valence-electron chi connectivity index (χ0n) is 14.6. The molecule has 0 aromatic heterocycles. The lowest BCUT2D eigenvalue weighted by Gasteiger charge is -2.11. The van der Waals surface area contributed by atoms with Gasteiger partial charge in [-0.15, -0.1) is 0 Å². The number of carbonyl (C=O) groups excluding carboxylic acids is 2. The Morgan fingerprint density at radius 3 is 2.24 bits per heavy atom. The number of hydrogen-bond donors (Lipinski definition) is 3. The fraction of sp³-hybridized carbons (Fsp3) is 0.263. The van der Waals surface area contributed by atoms with Gasteiger partial charge in [-0.25, -0.2) is 4.79 Å². The Kier molecular flexibility index (Phi) is 6.54. The van der Waals surface area contributed by atoms with Crippen molar-refractivity contribution in [3.8, 4) is 0 Å². The van der Waals surface area contributed by atoms with Crippen LogP contribution in [0.2, 0.25) is 0 Å². The van der Waals surface area contributed by atoms with Gasteiger partial charge in [0, 0.05) is 30.1 Å². The minimum Gasteiger partial charge on any atom is -0.380 e. The average Bonchev–Trinajstić information content (AvgIpc) is 2.56. The number of anilines is 2. The summed E-state index contributed by atoms with van der Waals surface area (Å²) in [4.78, 5) is 24.0. The first-order valence-electron chi connectivity index (χ1n) is 8.04. The van der Waals surface area contributed by atoms with Gasteiger partial charge in [0.25, 0.3) is 5.91 Å². The highest BCUT2D eigenvalue weighted by molar-refractivity contribution is 6.04. The Hall–Kier alpha value is -2.86. The monoisotopic (exact) mass is 341 g/mol. The Balaban J connectivity index is 1.97. The van der Waals surface area contributed by atoms with Gasteiger partial charge in [0.1, 0.15) is 0 Å². The summed E-state index contributed by atoms with van der Waals surface area (Å²) in [5.74, 6) is -0.198. The molecule has 25 heavy (non-hydrogen) atoms. The third-order valence-corrected chi connectivity index (χ3v) is 3.32. The average molecular weight is 341 g/mol. The molecule has 0 heterocycles. The van der Waals surface area contributed by atoms with Gasteiger partial charge in [-0.1, -0.05) is 12.1 Å². The summed E-state index contributed by atoms with van der Waals surface area (Å²) in [6.45, 7) is 4.24. The third kappa shape index (κ3) is 5.93. The number of ether oxygens (including phenoxy) is 1. The molecule has 0 fully saturated rings. The Morgan fingerprint density at radius 2 is 1.64 bits per heavy atom. The standard InChI is InChI=1S/C19H23N3O3/c1-13(2)20-19(24)22-17-9-7-16(8-10-17)21-18(23)15-6-4-5-14(11-15)12-25-3/h4-11,13H,12H2,1-3H3,(H,21,23)(H2,20,22,24). The van der Waals surface area contributed by atoms with Crippen LogP contribution in [0.15, 0.2) is 48.5 Å². The quantitative estimate of drug-likeness (QED) is 0.751. The molecule has 0 saturated carbocycles. The lowest BCUT2D eigenvalue weighted by Crippen LogP contribution is -2.34. The zero-order valence-corrected chi connectivity index (χ0v) is 14.6. The summed E-state index contributed by atoms with van der Waals surface area (Å²) in [6, 6.07) is 14.0. The maximum Gasteiger partial charge on any atom is 0.319 e. The van der Waals surface area contributed by atoms with E-state index >= 15 is 0 Å². The van der Waals surface area contributed by atoms with E-state index in [1.165, 1.54) is 0 Å². The van der Waals surface area contributed by atoms with Crippen LogP contribution in [0.4, 0.5) is 16.2 Å². The highest BCUT2D eigenvalue weighted by atomic mass is 16.5. The molecule has 2 aromatic carbocycles. The minimum absolute atomic E-state index is 0.0624. The fourth-order valence-corrected chi connectivity index (χ4v) is 2.24. The summed E-state index contributed by atoms with van der Waals surface area (Å²) >= 11 is 0. The summed E-state index contributed by atoms with van der Waals surface area (Å²) in [5.41, 5.74) is 2.80. The molecule has 132 valence electrons. The molecule has 6 heteroatoms. The molecular weight excluding hydrogens is 318 g/mol. The van der Waals surface area contributed by atoms with Gasteiger partial charge in [-0.2, -0.15) is 0 Å². The van der Waals surface area contributed by atoms with E-state index in [1.807, 2.05) is 26.0 Å². The second-order valence-corrected chi connectivity index (χ2v) is 5.92. The Morgan fingerprint density at radius 1 is 1.00 bits per heavy atom. The number of carbonyl (C=O) groups is 2. The van der Waals surface area contributed by atoms with E-state index in [-0.39, 0.29) is 18.0 Å². The largest absolute Gasteiger partial charge is 0.380 e. The molecule has 0 radical (unpaired) electrons. The molecule has 2 aromatic rings. The highest BCUT2D eigenvalue weighted by Crippen LogP contribution is 2.15. The number of benzene rings is 2. The van der Waals surface area contributed by atoms with Crippen LogP contribution in [0, 0.1) is 0 Å². The van der Waals surface area contributed by atoms with E-state index < -0.39 is 0 Å². The van der Waals surface area contributed by atoms with Crippen LogP contribution in [0.25, 0.3) is 0 Å². The Labute approximate surface area is 147 Å². The first kappa shape index (κ1) is 18.5. The molecule has 0 aliphatic carbocycles. The van der Waals surface area contributed by atoms with Gasteiger partial charge in [-0.05, 0) is 55.8 Å². The van der Waals surface area contributed by atoms with Crippen LogP contribution in [0.1, 0.15) is 29.8 Å². The van der Waals surface area contributed by atoms with Crippen molar-refractivity contribution in [1.82, 2.24) is 5.32 Å². The molecule has 0 aliphatic heterocycles. The summed E-state index contributed by atoms with van der Waals surface area (Å²) < 4.78 is 5.08. The van der Waals surface area contributed by atoms with Gasteiger partial charge in [0.15, 0.2) is 0 Å². The first-order valence-corrected chi connectivity index (χ1v) is 8.04. The lowest BCUT2D eigenvalue weighted by atomic mass is 10.1. The molecule has 0 atom stereocenters. The van der Waals surface area contributed by atoms with Crippen LogP contribution < -0.4 is 16.0 Å². The van der Waals surface area contributed by atoms with Crippen LogP contribution in [-0.4, -0.2) is 25.1 Å². The number of amides is 3. The normalized spacial score (nSPS) is 10.4. The van der Waals surface area contributed by atoms with E-state index in [1.54, 1.807) is 43.5 Å². The molecule has 2 rings (SSSR count). The number of nitrogens with one attached hydrogen (secondary N) is 3. The van der Waals surface area contributed by atoms with E-state index in [0.717, 1.165) is 5.56 Å². The van der Waals surface area contributed by atoms with Gasteiger partial charge in [-0.3, -0.25) is 4.79 Å². The molecule has 3 amide bonds. The smallest absolute Gasteiger partial charge is 0.319 e. The molecule has 6 nitrogen and oxygen atoms in total. The van der Waals surface area contributed by atoms with Crippen molar-refractivity contribution in [2.75, 3.05) is 17.7 Å². The van der Waals surface area contributed by atoms with Crippen molar-refractivity contribution in [2.24, 2.45) is 0 Å². The third-order valence-electron chi connectivity index (χ3n) is 3.32. The SMILES string of the molecule is COCc1cccc(C(=O)Nc2ccc(NC(=O)NC(C)C)cc2)c1. The molecule has 0 spiro atoms. The predicted molar refractivity (Wildman–Crippen MR) is 98.8 cm³/mol. The van der Waals surface area contributed by atoms with Crippen molar-refractivity contribution in [1.29, 1.82) is 0 Å². The lowest BCUT2D eigenvalue weighted by molar-refractivity contribution is 0.102. The number of hydrogen-bond acceptors (Lipinski definition) is 3. The molecular formula is C19H23N3O3. The number of rotatable bonds is 6.